The molecule has 4 aromatic carbocycles. The van der Waals surface area contributed by atoms with Gasteiger partial charge in [0.05, 0.1) is 6.26 Å². The third kappa shape index (κ3) is 2.57. The molecule has 0 bridgehead atoms. The molecule has 0 amide bonds. The Morgan fingerprint density at radius 2 is 1.48 bits per heavy atom. The average Bonchev–Trinajstić information content (AvgIpc) is 3.28. The van der Waals surface area contributed by atoms with E-state index in [9.17, 15) is 0 Å². The van der Waals surface area contributed by atoms with Gasteiger partial charge in [-0.05, 0) is 34.4 Å². The Labute approximate surface area is 166 Å². The van der Waals surface area contributed by atoms with Crippen LogP contribution in [0.15, 0.2) is 95.9 Å². The van der Waals surface area contributed by atoms with E-state index in [1.807, 2.05) is 30.3 Å². The Kier molecular flexibility index (Phi) is 3.43. The lowest BCUT2D eigenvalue weighted by molar-refractivity contribution is 0.619. The molecule has 2 aromatic heterocycles. The summed E-state index contributed by atoms with van der Waals surface area (Å²) in [5.74, 6) is 1.33. The lowest BCUT2D eigenvalue weighted by atomic mass is 10.0. The first-order valence-electron chi connectivity index (χ1n) is 9.44. The predicted molar refractivity (Wildman–Crippen MR) is 115 cm³/mol. The Morgan fingerprint density at radius 1 is 0.621 bits per heavy atom. The molecule has 0 saturated heterocycles. The van der Waals surface area contributed by atoms with Crippen molar-refractivity contribution in [2.45, 2.75) is 0 Å². The van der Waals surface area contributed by atoms with Gasteiger partial charge in [0.1, 0.15) is 11.9 Å². The minimum Gasteiger partial charge on any atom is -0.464 e. The first kappa shape index (κ1) is 16.0. The highest BCUT2D eigenvalue weighted by atomic mass is 16.3. The summed E-state index contributed by atoms with van der Waals surface area (Å²) in [6.45, 7) is 0. The lowest BCUT2D eigenvalue weighted by Gasteiger charge is -2.07. The molecule has 0 aliphatic rings. The molecular formula is C25H15N3O. The zero-order chi connectivity index (χ0) is 19.2. The van der Waals surface area contributed by atoms with Crippen molar-refractivity contribution in [2.75, 3.05) is 0 Å². The van der Waals surface area contributed by atoms with Gasteiger partial charge in [0, 0.05) is 21.9 Å². The van der Waals surface area contributed by atoms with Crippen molar-refractivity contribution < 1.29 is 4.42 Å². The summed E-state index contributed by atoms with van der Waals surface area (Å²) in [6, 6.07) is 26.8. The van der Waals surface area contributed by atoms with Crippen LogP contribution < -0.4 is 0 Å². The van der Waals surface area contributed by atoms with Crippen LogP contribution in [0.4, 0.5) is 0 Å². The van der Waals surface area contributed by atoms with Gasteiger partial charge in [-0.15, -0.1) is 0 Å². The zero-order valence-electron chi connectivity index (χ0n) is 15.4. The second kappa shape index (κ2) is 6.24. The Hall–Kier alpha value is -4.05. The number of rotatable bonds is 2. The molecule has 0 atom stereocenters. The second-order valence-electron chi connectivity index (χ2n) is 7.00. The van der Waals surface area contributed by atoms with E-state index in [1.165, 1.54) is 5.39 Å². The molecule has 4 nitrogen and oxygen atoms in total. The Balaban J connectivity index is 1.50. The topological polar surface area (TPSA) is 51.8 Å². The van der Waals surface area contributed by atoms with Crippen LogP contribution in [0, 0.1) is 0 Å². The van der Waals surface area contributed by atoms with Crippen molar-refractivity contribution in [1.82, 2.24) is 15.0 Å². The summed E-state index contributed by atoms with van der Waals surface area (Å²) in [6.07, 6.45) is 3.31. The van der Waals surface area contributed by atoms with Crippen LogP contribution in [0.2, 0.25) is 0 Å². The predicted octanol–water partition coefficient (Wildman–Crippen LogP) is 6.26. The molecule has 29 heavy (non-hydrogen) atoms. The van der Waals surface area contributed by atoms with Crippen LogP contribution in [0.3, 0.4) is 0 Å². The van der Waals surface area contributed by atoms with Gasteiger partial charge in [-0.1, -0.05) is 60.7 Å². The second-order valence-corrected chi connectivity index (χ2v) is 7.00. The smallest absolute Gasteiger partial charge is 0.163 e. The van der Waals surface area contributed by atoms with Crippen molar-refractivity contribution in [2.24, 2.45) is 0 Å². The molecule has 0 fully saturated rings. The molecule has 0 N–H and O–H groups in total. The van der Waals surface area contributed by atoms with Crippen LogP contribution in [0.1, 0.15) is 0 Å². The highest BCUT2D eigenvalue weighted by molar-refractivity contribution is 6.05. The summed E-state index contributed by atoms with van der Waals surface area (Å²) in [5.41, 5.74) is 2.86. The summed E-state index contributed by atoms with van der Waals surface area (Å²) in [7, 11) is 0. The van der Waals surface area contributed by atoms with E-state index in [0.717, 1.165) is 38.3 Å². The molecule has 0 aliphatic heterocycles. The van der Waals surface area contributed by atoms with E-state index in [1.54, 1.807) is 12.6 Å². The van der Waals surface area contributed by atoms with Gasteiger partial charge in [0.2, 0.25) is 0 Å². The molecule has 0 radical (unpaired) electrons. The maximum Gasteiger partial charge on any atom is 0.163 e. The Bertz CT molecular complexity index is 1510. The molecule has 2 heterocycles. The maximum atomic E-state index is 5.65. The molecule has 0 unspecified atom stereocenters. The number of furan rings is 1. The number of aromatic nitrogens is 3. The van der Waals surface area contributed by atoms with Gasteiger partial charge in [0.15, 0.2) is 11.6 Å². The number of benzene rings is 4. The Morgan fingerprint density at radius 3 is 2.48 bits per heavy atom. The largest absolute Gasteiger partial charge is 0.464 e. The van der Waals surface area contributed by atoms with E-state index < -0.39 is 0 Å². The van der Waals surface area contributed by atoms with Crippen LogP contribution in [-0.2, 0) is 0 Å². The minimum absolute atomic E-state index is 0.657. The van der Waals surface area contributed by atoms with Crippen LogP contribution in [-0.4, -0.2) is 15.0 Å². The lowest BCUT2D eigenvalue weighted by Crippen LogP contribution is -1.95. The molecule has 6 aromatic rings. The third-order valence-electron chi connectivity index (χ3n) is 5.29. The normalized spacial score (nSPS) is 11.4. The summed E-state index contributed by atoms with van der Waals surface area (Å²) < 4.78 is 5.65. The van der Waals surface area contributed by atoms with Crippen molar-refractivity contribution >= 4 is 32.5 Å². The molecule has 136 valence electrons. The van der Waals surface area contributed by atoms with Gasteiger partial charge < -0.3 is 4.42 Å². The van der Waals surface area contributed by atoms with Gasteiger partial charge in [-0.3, -0.25) is 0 Å². The molecule has 0 aliphatic carbocycles. The van der Waals surface area contributed by atoms with E-state index in [-0.39, 0.29) is 0 Å². The summed E-state index contributed by atoms with van der Waals surface area (Å²) in [5, 5.41) is 5.58. The zero-order valence-corrected chi connectivity index (χ0v) is 15.4. The van der Waals surface area contributed by atoms with Crippen molar-refractivity contribution in [3.8, 4) is 22.8 Å². The monoisotopic (exact) mass is 373 g/mol. The maximum absolute atomic E-state index is 5.65. The molecule has 0 saturated carbocycles. The SMILES string of the molecule is c1ccc2c(-c3ncnc(-c4ccc5c(ccc6ccoc65)c4)n3)cccc2c1. The molecule has 4 heteroatoms. The van der Waals surface area contributed by atoms with E-state index in [4.69, 9.17) is 9.40 Å². The first-order valence-corrected chi connectivity index (χ1v) is 9.44. The number of hydrogen-bond acceptors (Lipinski definition) is 4. The quantitative estimate of drug-likeness (QED) is 0.359. The van der Waals surface area contributed by atoms with E-state index >= 15 is 0 Å². The highest BCUT2D eigenvalue weighted by Crippen LogP contribution is 2.30. The van der Waals surface area contributed by atoms with Crippen molar-refractivity contribution in [3.63, 3.8) is 0 Å². The number of hydrogen-bond donors (Lipinski definition) is 0. The molecule has 6 rings (SSSR count). The number of fused-ring (bicyclic) bond motifs is 4. The fraction of sp³-hybridized carbons (Fsp3) is 0. The van der Waals surface area contributed by atoms with Crippen LogP contribution >= 0.6 is 0 Å². The standard InChI is InChI=1S/C25H15N3O/c1-2-6-20-16(4-1)5-3-7-22(20)25-27-15-26-24(28-25)19-10-11-21-18(14-19)9-8-17-12-13-29-23(17)21/h1-15H. The van der Waals surface area contributed by atoms with Gasteiger partial charge in [-0.2, -0.15) is 0 Å². The van der Waals surface area contributed by atoms with E-state index in [2.05, 4.69) is 58.5 Å². The van der Waals surface area contributed by atoms with Crippen LogP contribution in [0.25, 0.3) is 55.3 Å². The fourth-order valence-corrected chi connectivity index (χ4v) is 3.88. The van der Waals surface area contributed by atoms with Gasteiger partial charge >= 0.3 is 0 Å². The van der Waals surface area contributed by atoms with E-state index in [0.29, 0.717) is 11.6 Å². The fourth-order valence-electron chi connectivity index (χ4n) is 3.88. The average molecular weight is 373 g/mol. The van der Waals surface area contributed by atoms with Gasteiger partial charge in [-0.25, -0.2) is 15.0 Å². The van der Waals surface area contributed by atoms with Crippen LogP contribution in [0.5, 0.6) is 0 Å². The summed E-state index contributed by atoms with van der Waals surface area (Å²) >= 11 is 0. The highest BCUT2D eigenvalue weighted by Gasteiger charge is 2.11. The molecule has 0 spiro atoms. The summed E-state index contributed by atoms with van der Waals surface area (Å²) in [4.78, 5) is 13.6. The van der Waals surface area contributed by atoms with Gasteiger partial charge in [0.25, 0.3) is 0 Å². The van der Waals surface area contributed by atoms with Crippen molar-refractivity contribution in [3.05, 3.63) is 91.5 Å². The van der Waals surface area contributed by atoms with Crippen molar-refractivity contribution in [1.29, 1.82) is 0 Å². The number of nitrogens with zero attached hydrogens (tertiary/aromatic N) is 3. The first-order chi connectivity index (χ1) is 14.4. The minimum atomic E-state index is 0.657. The third-order valence-corrected chi connectivity index (χ3v) is 5.29. The molecular weight excluding hydrogens is 358 g/mol.